The number of nitrogens with zero attached hydrogens (tertiary/aromatic N) is 2. The van der Waals surface area contributed by atoms with Gasteiger partial charge in [-0.05, 0) is 44.3 Å². The van der Waals surface area contributed by atoms with E-state index in [0.717, 1.165) is 41.7 Å². The van der Waals surface area contributed by atoms with Crippen LogP contribution < -0.4 is 5.32 Å². The first kappa shape index (κ1) is 17.4. The van der Waals surface area contributed by atoms with Gasteiger partial charge in [0.2, 0.25) is 0 Å². The van der Waals surface area contributed by atoms with E-state index in [9.17, 15) is 9.90 Å². The Morgan fingerprint density at radius 1 is 1.50 bits per heavy atom. The summed E-state index contributed by atoms with van der Waals surface area (Å²) in [5.74, 6) is 0.979. The van der Waals surface area contributed by atoms with Crippen LogP contribution in [0.4, 0.5) is 0 Å². The molecule has 0 bridgehead atoms. The van der Waals surface area contributed by atoms with Crippen LogP contribution in [0.2, 0.25) is 0 Å². The lowest BCUT2D eigenvalue weighted by atomic mass is 9.96. The van der Waals surface area contributed by atoms with Crippen molar-refractivity contribution >= 4 is 29.3 Å². The van der Waals surface area contributed by atoms with Gasteiger partial charge in [0.1, 0.15) is 11.4 Å². The van der Waals surface area contributed by atoms with Crippen LogP contribution in [0.25, 0.3) is 0 Å². The molecule has 0 fully saturated rings. The van der Waals surface area contributed by atoms with E-state index >= 15 is 0 Å². The maximum absolute atomic E-state index is 11.3. The Bertz CT molecular complexity index is 426. The number of carboxylic acids is 1. The lowest BCUT2D eigenvalue weighted by Gasteiger charge is -2.26. The van der Waals surface area contributed by atoms with E-state index in [4.69, 9.17) is 0 Å². The molecule has 1 rings (SSSR count). The number of rotatable bonds is 10. The highest BCUT2D eigenvalue weighted by Crippen LogP contribution is 2.23. The second-order valence-electron chi connectivity index (χ2n) is 4.85. The molecule has 0 spiro atoms. The molecule has 1 heterocycles. The summed E-state index contributed by atoms with van der Waals surface area (Å²) in [6, 6.07) is 0. The predicted molar refractivity (Wildman–Crippen MR) is 83.6 cm³/mol. The summed E-state index contributed by atoms with van der Waals surface area (Å²) in [6.07, 6.45) is 3.25. The molecule has 20 heavy (non-hydrogen) atoms. The fraction of sp³-hybridized carbons (Fsp3) is 0.769. The molecule has 0 aliphatic heterocycles. The number of hydrogen-bond acceptors (Lipinski definition) is 6. The number of carboxylic acid groups (broad SMARTS) is 1. The van der Waals surface area contributed by atoms with E-state index < -0.39 is 11.5 Å². The van der Waals surface area contributed by atoms with Crippen molar-refractivity contribution in [2.75, 3.05) is 12.3 Å². The SMILES string of the molecule is CCCNC(C)(CCCSc1nc(CC)ns1)C(=O)O. The Morgan fingerprint density at radius 2 is 2.25 bits per heavy atom. The summed E-state index contributed by atoms with van der Waals surface area (Å²) in [6.45, 7) is 6.56. The molecule has 0 aromatic carbocycles. The number of hydrogen-bond donors (Lipinski definition) is 2. The monoisotopic (exact) mass is 317 g/mol. The molecular weight excluding hydrogens is 294 g/mol. The van der Waals surface area contributed by atoms with Gasteiger partial charge in [-0.25, -0.2) is 4.98 Å². The first-order valence-electron chi connectivity index (χ1n) is 6.95. The Morgan fingerprint density at radius 3 is 2.80 bits per heavy atom. The zero-order valence-electron chi connectivity index (χ0n) is 12.3. The van der Waals surface area contributed by atoms with Crippen LogP contribution in [0.3, 0.4) is 0 Å². The van der Waals surface area contributed by atoms with Crippen molar-refractivity contribution in [1.29, 1.82) is 0 Å². The molecule has 1 atom stereocenters. The molecule has 5 nitrogen and oxygen atoms in total. The third-order valence-corrected chi connectivity index (χ3v) is 5.01. The number of nitrogens with one attached hydrogen (secondary N) is 1. The average Bonchev–Trinajstić information content (AvgIpc) is 2.89. The third-order valence-electron chi connectivity index (χ3n) is 3.05. The highest BCUT2D eigenvalue weighted by atomic mass is 32.2. The normalized spacial score (nSPS) is 14.2. The first-order chi connectivity index (χ1) is 9.51. The zero-order chi connectivity index (χ0) is 15.0. The van der Waals surface area contributed by atoms with Gasteiger partial charge in [0, 0.05) is 12.2 Å². The summed E-state index contributed by atoms with van der Waals surface area (Å²) in [5, 5.41) is 12.4. The summed E-state index contributed by atoms with van der Waals surface area (Å²) in [4.78, 5) is 15.7. The molecule has 0 radical (unpaired) electrons. The molecule has 0 saturated carbocycles. The number of carbonyl (C=O) groups is 1. The van der Waals surface area contributed by atoms with Crippen molar-refractivity contribution in [3.8, 4) is 0 Å². The van der Waals surface area contributed by atoms with Gasteiger partial charge in [0.15, 0.2) is 4.34 Å². The number of thioether (sulfide) groups is 1. The highest BCUT2D eigenvalue weighted by Gasteiger charge is 2.31. The van der Waals surface area contributed by atoms with Crippen LogP contribution in [-0.4, -0.2) is 38.3 Å². The highest BCUT2D eigenvalue weighted by molar-refractivity contribution is 8.00. The summed E-state index contributed by atoms with van der Waals surface area (Å²) in [7, 11) is 0. The number of aliphatic carboxylic acids is 1. The van der Waals surface area contributed by atoms with Gasteiger partial charge >= 0.3 is 5.97 Å². The number of aryl methyl sites for hydroxylation is 1. The third kappa shape index (κ3) is 5.38. The van der Waals surface area contributed by atoms with Gasteiger partial charge in [-0.2, -0.15) is 4.37 Å². The second kappa shape index (κ2) is 8.59. The zero-order valence-corrected chi connectivity index (χ0v) is 13.9. The standard InChI is InChI=1S/C13H23N3O2S2/c1-4-8-14-13(3,11(17)18)7-6-9-19-12-15-10(5-2)16-20-12/h14H,4-9H2,1-3H3,(H,17,18). The lowest BCUT2D eigenvalue weighted by Crippen LogP contribution is -2.49. The summed E-state index contributed by atoms with van der Waals surface area (Å²) < 4.78 is 5.21. The maximum atomic E-state index is 11.3. The van der Waals surface area contributed by atoms with Crippen LogP contribution in [0.15, 0.2) is 4.34 Å². The molecule has 0 amide bonds. The van der Waals surface area contributed by atoms with Crippen LogP contribution >= 0.6 is 23.3 Å². The number of aromatic nitrogens is 2. The lowest BCUT2D eigenvalue weighted by molar-refractivity contribution is -0.144. The molecule has 1 aromatic heterocycles. The van der Waals surface area contributed by atoms with Crippen molar-refractivity contribution in [1.82, 2.24) is 14.7 Å². The maximum Gasteiger partial charge on any atom is 0.323 e. The molecule has 0 aliphatic carbocycles. The minimum atomic E-state index is -0.827. The van der Waals surface area contributed by atoms with Crippen LogP contribution in [0.5, 0.6) is 0 Å². The van der Waals surface area contributed by atoms with Crippen LogP contribution in [0, 0.1) is 0 Å². The van der Waals surface area contributed by atoms with E-state index in [2.05, 4.69) is 14.7 Å². The van der Waals surface area contributed by atoms with Crippen molar-refractivity contribution < 1.29 is 9.90 Å². The van der Waals surface area contributed by atoms with E-state index in [1.54, 1.807) is 18.7 Å². The van der Waals surface area contributed by atoms with Gasteiger partial charge in [0.05, 0.1) is 0 Å². The van der Waals surface area contributed by atoms with Gasteiger partial charge in [-0.3, -0.25) is 4.79 Å². The Kier molecular flexibility index (Phi) is 7.47. The minimum Gasteiger partial charge on any atom is -0.480 e. The topological polar surface area (TPSA) is 75.1 Å². The fourth-order valence-corrected chi connectivity index (χ4v) is 3.40. The van der Waals surface area contributed by atoms with Crippen LogP contribution in [-0.2, 0) is 11.2 Å². The van der Waals surface area contributed by atoms with Gasteiger partial charge in [-0.1, -0.05) is 25.6 Å². The first-order valence-corrected chi connectivity index (χ1v) is 8.71. The average molecular weight is 317 g/mol. The molecule has 114 valence electrons. The van der Waals surface area contributed by atoms with Crippen molar-refractivity contribution in [2.45, 2.75) is 56.3 Å². The van der Waals surface area contributed by atoms with Gasteiger partial charge in [-0.15, -0.1) is 0 Å². The molecule has 1 aromatic rings. The van der Waals surface area contributed by atoms with E-state index in [0.29, 0.717) is 6.42 Å². The molecular formula is C13H23N3O2S2. The molecule has 7 heteroatoms. The summed E-state index contributed by atoms with van der Waals surface area (Å²) >= 11 is 3.08. The summed E-state index contributed by atoms with van der Waals surface area (Å²) in [5.41, 5.74) is -0.827. The molecule has 0 saturated heterocycles. The van der Waals surface area contributed by atoms with E-state index in [1.807, 2.05) is 13.8 Å². The van der Waals surface area contributed by atoms with Gasteiger partial charge in [0.25, 0.3) is 0 Å². The Labute approximate surface area is 128 Å². The minimum absolute atomic E-state index is 0.620. The van der Waals surface area contributed by atoms with Crippen molar-refractivity contribution in [3.63, 3.8) is 0 Å². The van der Waals surface area contributed by atoms with Crippen LogP contribution in [0.1, 0.15) is 45.9 Å². The second-order valence-corrected chi connectivity index (χ2v) is 6.94. The quantitative estimate of drug-likeness (QED) is 0.510. The Hall–Kier alpha value is -0.660. The van der Waals surface area contributed by atoms with Gasteiger partial charge < -0.3 is 10.4 Å². The largest absolute Gasteiger partial charge is 0.480 e. The van der Waals surface area contributed by atoms with Crippen molar-refractivity contribution in [3.05, 3.63) is 5.82 Å². The van der Waals surface area contributed by atoms with Crippen molar-refractivity contribution in [2.24, 2.45) is 0 Å². The predicted octanol–water partition coefficient (Wildman–Crippen LogP) is 2.82. The molecule has 0 aliphatic rings. The molecule has 1 unspecified atom stereocenters. The van der Waals surface area contributed by atoms with E-state index in [1.165, 1.54) is 11.5 Å². The molecule has 2 N–H and O–H groups in total. The Balaban J connectivity index is 2.35. The fourth-order valence-electron chi connectivity index (χ4n) is 1.70. The smallest absolute Gasteiger partial charge is 0.323 e. The van der Waals surface area contributed by atoms with E-state index in [-0.39, 0.29) is 0 Å².